The molecule has 1 aromatic carbocycles. The molecule has 32 heavy (non-hydrogen) atoms. The molecule has 1 aliphatic heterocycles. The number of primary amides is 1. The average molecular weight is 473 g/mol. The Bertz CT molecular complexity index is 1100. The number of carbonyl (C=O) groups is 2. The number of carbonyl (C=O) groups excluding carboxylic acids is 2. The molecule has 1 unspecified atom stereocenters. The van der Waals surface area contributed by atoms with Crippen molar-refractivity contribution in [1.82, 2.24) is 9.80 Å². The minimum absolute atomic E-state index is 0.138. The van der Waals surface area contributed by atoms with Gasteiger partial charge in [0.2, 0.25) is 5.91 Å². The van der Waals surface area contributed by atoms with E-state index in [2.05, 4.69) is 21.2 Å². The molecule has 2 amide bonds. The quantitative estimate of drug-likeness (QED) is 0.547. The second-order valence-corrected chi connectivity index (χ2v) is 9.87. The average Bonchev–Trinajstić information content (AvgIpc) is 3.43. The number of thiophene rings is 2. The van der Waals surface area contributed by atoms with Crippen LogP contribution in [0.3, 0.4) is 0 Å². The predicted octanol–water partition coefficient (Wildman–Crippen LogP) is 3.86. The molecule has 1 saturated heterocycles. The van der Waals surface area contributed by atoms with Crippen LogP contribution in [0.5, 0.6) is 0 Å². The van der Waals surface area contributed by atoms with Crippen molar-refractivity contribution in [3.63, 3.8) is 0 Å². The van der Waals surface area contributed by atoms with Gasteiger partial charge in [0.15, 0.2) is 0 Å². The van der Waals surface area contributed by atoms with Crippen LogP contribution in [0.15, 0.2) is 47.8 Å². The maximum atomic E-state index is 13.5. The first-order valence-electron chi connectivity index (χ1n) is 10.4. The molecule has 1 aliphatic rings. The molecule has 1 atom stereocenters. The highest BCUT2D eigenvalue weighted by Crippen LogP contribution is 2.29. The Kier molecular flexibility index (Phi) is 7.00. The van der Waals surface area contributed by atoms with E-state index in [4.69, 9.17) is 5.73 Å². The maximum absolute atomic E-state index is 13.5. The van der Waals surface area contributed by atoms with Crippen molar-refractivity contribution in [2.45, 2.75) is 19.5 Å². The van der Waals surface area contributed by atoms with Gasteiger partial charge in [-0.15, -0.1) is 22.7 Å². The van der Waals surface area contributed by atoms with Gasteiger partial charge < -0.3 is 11.1 Å². The summed E-state index contributed by atoms with van der Waals surface area (Å²) in [6, 6.07) is 12.1. The van der Waals surface area contributed by atoms with E-state index in [0.29, 0.717) is 10.6 Å². The highest BCUT2D eigenvalue weighted by atomic mass is 32.1. The molecule has 2 aromatic heterocycles. The van der Waals surface area contributed by atoms with Gasteiger partial charge in [-0.2, -0.15) is 0 Å². The molecule has 0 saturated carbocycles. The zero-order valence-electron chi connectivity index (χ0n) is 17.7. The van der Waals surface area contributed by atoms with Crippen LogP contribution in [-0.4, -0.2) is 53.8 Å². The molecule has 0 bridgehead atoms. The summed E-state index contributed by atoms with van der Waals surface area (Å²) in [5.74, 6) is -0.907. The van der Waals surface area contributed by atoms with Gasteiger partial charge in [0.25, 0.3) is 5.91 Å². The van der Waals surface area contributed by atoms with Crippen molar-refractivity contribution in [3.05, 3.63) is 64.1 Å². The first kappa shape index (κ1) is 22.6. The Labute approximate surface area is 194 Å². The van der Waals surface area contributed by atoms with Crippen molar-refractivity contribution in [2.75, 3.05) is 31.5 Å². The van der Waals surface area contributed by atoms with Gasteiger partial charge in [0.1, 0.15) is 10.8 Å². The summed E-state index contributed by atoms with van der Waals surface area (Å²) in [5, 5.41) is 5.08. The van der Waals surface area contributed by atoms with Gasteiger partial charge >= 0.3 is 0 Å². The molecule has 1 fully saturated rings. The minimum atomic E-state index is -0.544. The number of nitrogens with one attached hydrogen (secondary N) is 1. The fourth-order valence-electron chi connectivity index (χ4n) is 3.77. The third-order valence-electron chi connectivity index (χ3n) is 5.65. The zero-order valence-corrected chi connectivity index (χ0v) is 19.3. The molecule has 6 nitrogen and oxygen atoms in total. The second kappa shape index (κ2) is 9.91. The number of anilines is 1. The number of rotatable bonds is 7. The van der Waals surface area contributed by atoms with Crippen LogP contribution < -0.4 is 11.1 Å². The summed E-state index contributed by atoms with van der Waals surface area (Å²) in [5.41, 5.74) is 6.60. The van der Waals surface area contributed by atoms with Crippen molar-refractivity contribution in [2.24, 2.45) is 5.73 Å². The lowest BCUT2D eigenvalue weighted by molar-refractivity contribution is -0.121. The topological polar surface area (TPSA) is 78.7 Å². The first-order valence-corrected chi connectivity index (χ1v) is 12.1. The smallest absolute Gasteiger partial charge is 0.251 e. The maximum Gasteiger partial charge on any atom is 0.251 e. The number of amides is 2. The summed E-state index contributed by atoms with van der Waals surface area (Å²) < 4.78 is 13.5. The van der Waals surface area contributed by atoms with E-state index in [1.807, 2.05) is 19.1 Å². The third-order valence-corrected chi connectivity index (χ3v) is 7.60. The Morgan fingerprint density at radius 1 is 1.16 bits per heavy atom. The Hall–Kier alpha value is -2.59. The van der Waals surface area contributed by atoms with Crippen molar-refractivity contribution in [1.29, 1.82) is 0 Å². The predicted molar refractivity (Wildman–Crippen MR) is 127 cm³/mol. The number of hydrogen-bond donors (Lipinski definition) is 2. The molecule has 3 aromatic rings. The number of nitrogens with two attached hydrogens (primary N) is 1. The second-order valence-electron chi connectivity index (χ2n) is 7.78. The first-order chi connectivity index (χ1) is 15.4. The van der Waals surface area contributed by atoms with Crippen molar-refractivity contribution in [3.8, 4) is 10.4 Å². The van der Waals surface area contributed by atoms with Crippen LogP contribution in [0.2, 0.25) is 0 Å². The Morgan fingerprint density at radius 2 is 1.94 bits per heavy atom. The lowest BCUT2D eigenvalue weighted by atomic mass is 10.2. The van der Waals surface area contributed by atoms with Crippen molar-refractivity contribution >= 4 is 39.5 Å². The van der Waals surface area contributed by atoms with E-state index < -0.39 is 5.91 Å². The molecule has 9 heteroatoms. The van der Waals surface area contributed by atoms with Gasteiger partial charge in [0.05, 0.1) is 11.6 Å². The number of nitrogens with zero attached hydrogens (tertiary/aromatic N) is 2. The van der Waals surface area contributed by atoms with Crippen LogP contribution in [0.25, 0.3) is 10.4 Å². The number of benzene rings is 1. The van der Waals surface area contributed by atoms with E-state index in [1.165, 1.54) is 22.3 Å². The van der Waals surface area contributed by atoms with E-state index in [0.717, 1.165) is 43.2 Å². The van der Waals surface area contributed by atoms with Crippen LogP contribution in [-0.2, 0) is 11.3 Å². The van der Waals surface area contributed by atoms with Gasteiger partial charge in [-0.25, -0.2) is 4.39 Å². The van der Waals surface area contributed by atoms with E-state index in [1.54, 1.807) is 34.9 Å². The molecular formula is C23H25FN4O2S2. The SMILES string of the molecule is CC(C(=O)Nc1sccc1C(N)=O)N1CCN(Cc2ccc(-c3cccc(F)c3)s2)CC1. The van der Waals surface area contributed by atoms with Gasteiger partial charge in [-0.05, 0) is 48.2 Å². The molecule has 168 valence electrons. The Balaban J connectivity index is 1.29. The molecule has 0 spiro atoms. The lowest BCUT2D eigenvalue weighted by Crippen LogP contribution is -2.52. The lowest BCUT2D eigenvalue weighted by Gasteiger charge is -2.37. The molecular weight excluding hydrogens is 447 g/mol. The highest BCUT2D eigenvalue weighted by molar-refractivity contribution is 7.15. The molecule has 0 aliphatic carbocycles. The van der Waals surface area contributed by atoms with Gasteiger partial charge in [0, 0.05) is 42.5 Å². The summed E-state index contributed by atoms with van der Waals surface area (Å²) in [6.07, 6.45) is 0. The van der Waals surface area contributed by atoms with Crippen LogP contribution in [0, 0.1) is 5.82 Å². The summed E-state index contributed by atoms with van der Waals surface area (Å²) in [6.45, 7) is 6.00. The van der Waals surface area contributed by atoms with E-state index in [9.17, 15) is 14.0 Å². The number of hydrogen-bond acceptors (Lipinski definition) is 6. The normalized spacial score (nSPS) is 16.1. The van der Waals surface area contributed by atoms with Gasteiger partial charge in [-0.3, -0.25) is 19.4 Å². The third kappa shape index (κ3) is 5.24. The van der Waals surface area contributed by atoms with Crippen LogP contribution in [0.4, 0.5) is 9.39 Å². The van der Waals surface area contributed by atoms with Gasteiger partial charge in [-0.1, -0.05) is 12.1 Å². The fourth-order valence-corrected chi connectivity index (χ4v) is 5.61. The number of piperazine rings is 1. The molecule has 4 rings (SSSR count). The minimum Gasteiger partial charge on any atom is -0.366 e. The largest absolute Gasteiger partial charge is 0.366 e. The van der Waals surface area contributed by atoms with Crippen LogP contribution in [0.1, 0.15) is 22.2 Å². The van der Waals surface area contributed by atoms with E-state index in [-0.39, 0.29) is 17.8 Å². The Morgan fingerprint density at radius 3 is 2.66 bits per heavy atom. The standard InChI is InChI=1S/C23H25FN4O2S2/c1-15(22(30)26-23-19(21(25)29)7-12-31-23)28-10-8-27(9-11-28)14-18-5-6-20(32-18)16-3-2-4-17(24)13-16/h2-7,12-13,15H,8-11,14H2,1H3,(H2,25,29)(H,26,30). The summed E-state index contributed by atoms with van der Waals surface area (Å²) in [7, 11) is 0. The highest BCUT2D eigenvalue weighted by Gasteiger charge is 2.26. The zero-order chi connectivity index (χ0) is 22.7. The number of halogens is 1. The van der Waals surface area contributed by atoms with E-state index >= 15 is 0 Å². The van der Waals surface area contributed by atoms with Crippen molar-refractivity contribution < 1.29 is 14.0 Å². The monoisotopic (exact) mass is 472 g/mol. The molecule has 3 N–H and O–H groups in total. The fraction of sp³-hybridized carbons (Fsp3) is 0.304. The molecule has 3 heterocycles. The molecule has 0 radical (unpaired) electrons. The summed E-state index contributed by atoms with van der Waals surface area (Å²) in [4.78, 5) is 31.0. The summed E-state index contributed by atoms with van der Waals surface area (Å²) >= 11 is 2.98. The van der Waals surface area contributed by atoms with Crippen LogP contribution >= 0.6 is 22.7 Å².